The number of hydrogen-bond acceptors (Lipinski definition) is 5. The van der Waals surface area contributed by atoms with E-state index in [1.807, 2.05) is 0 Å². The van der Waals surface area contributed by atoms with Gasteiger partial charge >= 0.3 is 5.97 Å². The quantitative estimate of drug-likeness (QED) is 0.333. The van der Waals surface area contributed by atoms with E-state index < -0.39 is 24.3 Å². The molecule has 1 aliphatic rings. The van der Waals surface area contributed by atoms with Gasteiger partial charge in [-0.3, -0.25) is 10.1 Å². The van der Waals surface area contributed by atoms with Gasteiger partial charge in [-0.1, -0.05) is 20.3 Å². The number of hydrogen-bond donors (Lipinski definition) is 4. The Morgan fingerprint density at radius 2 is 2.05 bits per heavy atom. The molecule has 122 valence electrons. The fourth-order valence-electron chi connectivity index (χ4n) is 2.80. The molecule has 3 atom stereocenters. The van der Waals surface area contributed by atoms with Gasteiger partial charge in [0.15, 0.2) is 0 Å². The third kappa shape index (κ3) is 5.73. The van der Waals surface area contributed by atoms with E-state index >= 15 is 0 Å². The van der Waals surface area contributed by atoms with E-state index in [-0.39, 0.29) is 6.42 Å². The van der Waals surface area contributed by atoms with Crippen LogP contribution in [0.2, 0.25) is 0 Å². The minimum absolute atomic E-state index is 0.357. The summed E-state index contributed by atoms with van der Waals surface area (Å²) in [6, 6.07) is -1.40. The van der Waals surface area contributed by atoms with Crippen molar-refractivity contribution < 1.29 is 19.8 Å². The zero-order valence-corrected chi connectivity index (χ0v) is 12.9. The smallest absolute Gasteiger partial charge is 0.305 e. The van der Waals surface area contributed by atoms with E-state index in [2.05, 4.69) is 19.2 Å². The van der Waals surface area contributed by atoms with Gasteiger partial charge in [-0.05, 0) is 37.0 Å². The van der Waals surface area contributed by atoms with Gasteiger partial charge in [0.1, 0.15) is 12.5 Å². The first kappa shape index (κ1) is 18.1. The summed E-state index contributed by atoms with van der Waals surface area (Å²) in [5.41, 5.74) is 6.37. The van der Waals surface area contributed by atoms with Crippen LogP contribution in [0.25, 0.3) is 0 Å². The first-order valence-electron chi connectivity index (χ1n) is 7.67. The van der Waals surface area contributed by atoms with Crippen molar-refractivity contribution in [2.24, 2.45) is 17.1 Å². The van der Waals surface area contributed by atoms with Crippen molar-refractivity contribution in [2.75, 3.05) is 0 Å². The fraction of sp³-hybridized carbons (Fsp3) is 0.867. The second kappa shape index (κ2) is 7.87. The summed E-state index contributed by atoms with van der Waals surface area (Å²) in [7, 11) is 0. The zero-order chi connectivity index (χ0) is 16.0. The summed E-state index contributed by atoms with van der Waals surface area (Å²) in [5.74, 6) is -0.417. The lowest BCUT2D eigenvalue weighted by atomic mass is 9.86. The van der Waals surface area contributed by atoms with Gasteiger partial charge < -0.3 is 20.7 Å². The topological polar surface area (TPSA) is 113 Å². The van der Waals surface area contributed by atoms with E-state index in [1.165, 1.54) is 12.8 Å². The Balaban J connectivity index is 2.28. The van der Waals surface area contributed by atoms with Gasteiger partial charge in [0.05, 0.1) is 12.5 Å². The molecule has 0 radical (unpaired) electrons. The summed E-state index contributed by atoms with van der Waals surface area (Å²) < 4.78 is 0. The highest BCUT2D eigenvalue weighted by Crippen LogP contribution is 2.55. The highest BCUT2D eigenvalue weighted by molar-refractivity contribution is 5.73. The monoisotopic (exact) mass is 300 g/mol. The van der Waals surface area contributed by atoms with E-state index in [1.54, 1.807) is 0 Å². The number of carbonyl (C=O) groups excluding carboxylic acids is 1. The molecule has 5 N–H and O–H groups in total. The maximum Gasteiger partial charge on any atom is 0.305 e. The van der Waals surface area contributed by atoms with Crippen molar-refractivity contribution in [3.8, 4) is 0 Å². The fourth-order valence-corrected chi connectivity index (χ4v) is 2.80. The number of nitrogens with one attached hydrogen (secondary N) is 1. The van der Waals surface area contributed by atoms with E-state index in [0.717, 1.165) is 12.8 Å². The molecule has 0 spiro atoms. The third-order valence-electron chi connectivity index (χ3n) is 4.68. The van der Waals surface area contributed by atoms with Gasteiger partial charge in [-0.25, -0.2) is 0 Å². The van der Waals surface area contributed by atoms with Crippen LogP contribution < -0.4 is 11.1 Å². The number of aldehydes is 1. The van der Waals surface area contributed by atoms with Gasteiger partial charge in [0.2, 0.25) is 0 Å². The summed E-state index contributed by atoms with van der Waals surface area (Å²) in [4.78, 5) is 21.3. The van der Waals surface area contributed by atoms with Crippen LogP contribution in [0.5, 0.6) is 0 Å². The zero-order valence-electron chi connectivity index (χ0n) is 12.9. The average Bonchev–Trinajstić information content (AvgIpc) is 3.18. The van der Waals surface area contributed by atoms with Gasteiger partial charge in [-0.2, -0.15) is 0 Å². The highest BCUT2D eigenvalue weighted by Gasteiger charge is 2.44. The number of carbonyl (C=O) groups is 2. The largest absolute Gasteiger partial charge is 0.481 e. The Morgan fingerprint density at radius 1 is 1.43 bits per heavy atom. The second-order valence-corrected chi connectivity index (χ2v) is 6.53. The molecule has 0 amide bonds. The molecule has 1 saturated carbocycles. The summed E-state index contributed by atoms with van der Waals surface area (Å²) >= 11 is 0. The van der Waals surface area contributed by atoms with Crippen LogP contribution in [0.4, 0.5) is 0 Å². The lowest BCUT2D eigenvalue weighted by molar-refractivity contribution is -0.138. The number of carboxylic acids is 1. The number of rotatable bonds is 11. The Bertz CT molecular complexity index is 356. The Labute approximate surface area is 126 Å². The van der Waals surface area contributed by atoms with Crippen LogP contribution in [-0.4, -0.2) is 40.8 Å². The molecule has 0 aromatic rings. The standard InChI is InChI=1S/C15H28N2O4/c1-10(2)15(6-7-15)5-3-4-12(16)14(21)17-11(9-18)8-13(19)20/h9-12,14,17,21H,3-8,16H2,1-2H3,(H,19,20)/t11-,12?,14?/m0/s1. The third-order valence-corrected chi connectivity index (χ3v) is 4.68. The van der Waals surface area contributed by atoms with Gasteiger partial charge in [-0.15, -0.1) is 0 Å². The van der Waals surface area contributed by atoms with Crippen molar-refractivity contribution in [3.05, 3.63) is 0 Å². The first-order valence-corrected chi connectivity index (χ1v) is 7.67. The molecule has 0 heterocycles. The number of aliphatic hydroxyl groups excluding tert-OH is 1. The molecule has 0 aromatic carbocycles. The average molecular weight is 300 g/mol. The van der Waals surface area contributed by atoms with Crippen LogP contribution in [-0.2, 0) is 9.59 Å². The Morgan fingerprint density at radius 3 is 2.48 bits per heavy atom. The normalized spacial score (nSPS) is 20.8. The molecule has 1 rings (SSSR count). The van der Waals surface area contributed by atoms with Crippen molar-refractivity contribution in [1.82, 2.24) is 5.32 Å². The molecule has 21 heavy (non-hydrogen) atoms. The molecule has 2 unspecified atom stereocenters. The molecular formula is C15H28N2O4. The molecule has 1 fully saturated rings. The number of aliphatic hydroxyl groups is 1. The lowest BCUT2D eigenvalue weighted by Gasteiger charge is -2.24. The van der Waals surface area contributed by atoms with Crippen molar-refractivity contribution in [2.45, 2.75) is 70.7 Å². The summed E-state index contributed by atoms with van der Waals surface area (Å²) in [5, 5.41) is 21.1. The highest BCUT2D eigenvalue weighted by atomic mass is 16.4. The van der Waals surface area contributed by atoms with Crippen LogP contribution in [0.15, 0.2) is 0 Å². The maximum atomic E-state index is 10.7. The van der Waals surface area contributed by atoms with E-state index in [4.69, 9.17) is 10.8 Å². The molecule has 6 heteroatoms. The van der Waals surface area contributed by atoms with Crippen LogP contribution in [0.3, 0.4) is 0 Å². The van der Waals surface area contributed by atoms with Crippen LogP contribution in [0.1, 0.15) is 52.4 Å². The molecular weight excluding hydrogens is 272 g/mol. The second-order valence-electron chi connectivity index (χ2n) is 6.53. The first-order chi connectivity index (χ1) is 9.80. The summed E-state index contributed by atoms with van der Waals surface area (Å²) in [6.07, 6.45) is 4.31. The summed E-state index contributed by atoms with van der Waals surface area (Å²) in [6.45, 7) is 4.48. The van der Waals surface area contributed by atoms with Gasteiger partial charge in [0, 0.05) is 6.04 Å². The number of nitrogens with two attached hydrogens (primary N) is 1. The van der Waals surface area contributed by atoms with Crippen molar-refractivity contribution in [3.63, 3.8) is 0 Å². The predicted octanol–water partition coefficient (Wildman–Crippen LogP) is 0.870. The van der Waals surface area contributed by atoms with E-state index in [9.17, 15) is 14.7 Å². The number of carboxylic acid groups (broad SMARTS) is 1. The molecule has 6 nitrogen and oxygen atoms in total. The van der Waals surface area contributed by atoms with Crippen molar-refractivity contribution >= 4 is 12.3 Å². The number of aliphatic carboxylic acids is 1. The van der Waals surface area contributed by atoms with Crippen LogP contribution in [0, 0.1) is 11.3 Å². The maximum absolute atomic E-state index is 10.7. The van der Waals surface area contributed by atoms with E-state index in [0.29, 0.717) is 24.0 Å². The van der Waals surface area contributed by atoms with Crippen molar-refractivity contribution in [1.29, 1.82) is 0 Å². The van der Waals surface area contributed by atoms with Crippen LogP contribution >= 0.6 is 0 Å². The Hall–Kier alpha value is -0.980. The van der Waals surface area contributed by atoms with Gasteiger partial charge in [0.25, 0.3) is 0 Å². The SMILES string of the molecule is CC(C)C1(CCCC(N)C(O)N[C@H](C=O)CC(=O)O)CC1. The lowest BCUT2D eigenvalue weighted by Crippen LogP contribution is -2.50. The molecule has 0 saturated heterocycles. The minimum Gasteiger partial charge on any atom is -0.481 e. The predicted molar refractivity (Wildman–Crippen MR) is 79.6 cm³/mol. The molecule has 0 bridgehead atoms. The minimum atomic E-state index is -1.09. The molecule has 0 aromatic heterocycles. The molecule has 1 aliphatic carbocycles. The Kier molecular flexibility index (Phi) is 6.77. The molecule has 0 aliphatic heterocycles.